The molecule has 2 unspecified atom stereocenters. The van der Waals surface area contributed by atoms with Gasteiger partial charge in [-0.05, 0) is 18.8 Å². The fourth-order valence-electron chi connectivity index (χ4n) is 1.28. The SMILES string of the molecule is C=CC1CC=CCC1C=O. The van der Waals surface area contributed by atoms with Gasteiger partial charge in [-0.1, -0.05) is 18.2 Å². The molecule has 0 fully saturated rings. The van der Waals surface area contributed by atoms with E-state index in [-0.39, 0.29) is 5.92 Å². The highest BCUT2D eigenvalue weighted by atomic mass is 16.1. The molecule has 1 aliphatic rings. The topological polar surface area (TPSA) is 17.1 Å². The third-order valence-corrected chi connectivity index (χ3v) is 2.01. The number of aldehydes is 1. The lowest BCUT2D eigenvalue weighted by Crippen LogP contribution is -2.15. The molecule has 0 amide bonds. The number of hydrogen-bond acceptors (Lipinski definition) is 1. The summed E-state index contributed by atoms with van der Waals surface area (Å²) in [5.41, 5.74) is 0. The number of carbonyl (C=O) groups excluding carboxylic acids is 1. The molecule has 0 bridgehead atoms. The van der Waals surface area contributed by atoms with Gasteiger partial charge in [-0.15, -0.1) is 6.58 Å². The Kier molecular flexibility index (Phi) is 2.43. The molecule has 2 atom stereocenters. The van der Waals surface area contributed by atoms with Gasteiger partial charge in [-0.2, -0.15) is 0 Å². The fourth-order valence-corrected chi connectivity index (χ4v) is 1.28. The van der Waals surface area contributed by atoms with E-state index in [0.29, 0.717) is 5.92 Å². The van der Waals surface area contributed by atoms with Crippen molar-refractivity contribution in [2.24, 2.45) is 11.8 Å². The van der Waals surface area contributed by atoms with Gasteiger partial charge in [0.05, 0.1) is 0 Å². The van der Waals surface area contributed by atoms with Gasteiger partial charge in [0, 0.05) is 5.92 Å². The summed E-state index contributed by atoms with van der Waals surface area (Å²) in [7, 11) is 0. The van der Waals surface area contributed by atoms with Gasteiger partial charge in [0.25, 0.3) is 0 Å². The zero-order valence-electron chi connectivity index (χ0n) is 5.99. The maximum absolute atomic E-state index is 10.4. The van der Waals surface area contributed by atoms with Gasteiger partial charge in [-0.25, -0.2) is 0 Å². The van der Waals surface area contributed by atoms with Crippen LogP contribution in [0.2, 0.25) is 0 Å². The van der Waals surface area contributed by atoms with Crippen molar-refractivity contribution in [2.75, 3.05) is 0 Å². The molecule has 54 valence electrons. The predicted octanol–water partition coefficient (Wildman–Crippen LogP) is 1.95. The summed E-state index contributed by atoms with van der Waals surface area (Å²) in [6.07, 6.45) is 8.97. The molecule has 0 saturated heterocycles. The van der Waals surface area contributed by atoms with E-state index in [1.54, 1.807) is 0 Å². The first-order valence-electron chi connectivity index (χ1n) is 3.61. The summed E-state index contributed by atoms with van der Waals surface area (Å²) in [4.78, 5) is 10.4. The molecule has 0 spiro atoms. The first-order valence-corrected chi connectivity index (χ1v) is 3.61. The average molecular weight is 136 g/mol. The van der Waals surface area contributed by atoms with Gasteiger partial charge >= 0.3 is 0 Å². The Morgan fingerprint density at radius 3 is 2.30 bits per heavy atom. The van der Waals surface area contributed by atoms with Crippen LogP contribution in [-0.2, 0) is 4.79 Å². The van der Waals surface area contributed by atoms with Gasteiger partial charge in [0.15, 0.2) is 0 Å². The first-order chi connectivity index (χ1) is 4.88. The molecule has 10 heavy (non-hydrogen) atoms. The Morgan fingerprint density at radius 1 is 1.30 bits per heavy atom. The quantitative estimate of drug-likeness (QED) is 0.419. The van der Waals surface area contributed by atoms with Gasteiger partial charge < -0.3 is 4.79 Å². The Morgan fingerprint density at radius 2 is 1.90 bits per heavy atom. The predicted molar refractivity (Wildman–Crippen MR) is 41.6 cm³/mol. The minimum Gasteiger partial charge on any atom is -0.303 e. The van der Waals surface area contributed by atoms with E-state index >= 15 is 0 Å². The maximum atomic E-state index is 10.4. The lowest BCUT2D eigenvalue weighted by Gasteiger charge is -2.19. The minimum absolute atomic E-state index is 0.183. The molecule has 0 aromatic carbocycles. The summed E-state index contributed by atoms with van der Waals surface area (Å²) >= 11 is 0. The summed E-state index contributed by atoms with van der Waals surface area (Å²) in [6, 6.07) is 0. The minimum atomic E-state index is 0.183. The summed E-state index contributed by atoms with van der Waals surface area (Å²) in [5, 5.41) is 0. The summed E-state index contributed by atoms with van der Waals surface area (Å²) in [5.74, 6) is 0.560. The average Bonchev–Trinajstić information content (AvgIpc) is 2.04. The standard InChI is InChI=1S/C9H12O/c1-2-8-5-3-4-6-9(8)7-10/h2-4,7-9H,1,5-6H2. The van der Waals surface area contributed by atoms with E-state index in [9.17, 15) is 4.79 Å². The molecular weight excluding hydrogens is 124 g/mol. The first kappa shape index (κ1) is 7.26. The Labute approximate surface area is 61.4 Å². The number of carbonyl (C=O) groups is 1. The van der Waals surface area contributed by atoms with Crippen molar-refractivity contribution >= 4 is 6.29 Å². The maximum Gasteiger partial charge on any atom is 0.123 e. The lowest BCUT2D eigenvalue weighted by atomic mass is 9.84. The molecular formula is C9H12O. The molecule has 0 N–H and O–H groups in total. The Hall–Kier alpha value is -0.850. The largest absolute Gasteiger partial charge is 0.303 e. The molecule has 1 aliphatic carbocycles. The molecule has 0 heterocycles. The zero-order valence-corrected chi connectivity index (χ0v) is 5.99. The van der Waals surface area contributed by atoms with Crippen LogP contribution in [-0.4, -0.2) is 6.29 Å². The van der Waals surface area contributed by atoms with E-state index in [1.807, 2.05) is 6.08 Å². The summed E-state index contributed by atoms with van der Waals surface area (Å²) in [6.45, 7) is 3.69. The van der Waals surface area contributed by atoms with E-state index in [1.165, 1.54) is 0 Å². The van der Waals surface area contributed by atoms with Crippen LogP contribution in [0.3, 0.4) is 0 Å². The van der Waals surface area contributed by atoms with Crippen LogP contribution >= 0.6 is 0 Å². The van der Waals surface area contributed by atoms with Crippen LogP contribution in [0.1, 0.15) is 12.8 Å². The van der Waals surface area contributed by atoms with Gasteiger partial charge in [0.1, 0.15) is 6.29 Å². The Balaban J connectivity index is 2.61. The monoisotopic (exact) mass is 136 g/mol. The van der Waals surface area contributed by atoms with Crippen LogP contribution in [0.15, 0.2) is 24.8 Å². The lowest BCUT2D eigenvalue weighted by molar-refractivity contribution is -0.112. The van der Waals surface area contributed by atoms with Crippen molar-refractivity contribution in [1.29, 1.82) is 0 Å². The summed E-state index contributed by atoms with van der Waals surface area (Å²) < 4.78 is 0. The number of hydrogen-bond donors (Lipinski definition) is 0. The highest BCUT2D eigenvalue weighted by Gasteiger charge is 2.17. The second-order valence-electron chi connectivity index (χ2n) is 2.64. The van der Waals surface area contributed by atoms with Gasteiger partial charge in [-0.3, -0.25) is 0 Å². The van der Waals surface area contributed by atoms with Crippen LogP contribution in [0.25, 0.3) is 0 Å². The van der Waals surface area contributed by atoms with Crippen molar-refractivity contribution in [3.8, 4) is 0 Å². The Bertz CT molecular complexity index is 140. The normalized spacial score (nSPS) is 31.6. The molecule has 0 aliphatic heterocycles. The molecule has 1 nitrogen and oxygen atoms in total. The highest BCUT2D eigenvalue weighted by Crippen LogP contribution is 2.23. The van der Waals surface area contributed by atoms with Crippen molar-refractivity contribution in [3.63, 3.8) is 0 Å². The molecule has 0 saturated carbocycles. The van der Waals surface area contributed by atoms with E-state index < -0.39 is 0 Å². The van der Waals surface area contributed by atoms with Crippen LogP contribution < -0.4 is 0 Å². The van der Waals surface area contributed by atoms with E-state index in [0.717, 1.165) is 19.1 Å². The van der Waals surface area contributed by atoms with E-state index in [4.69, 9.17) is 0 Å². The smallest absolute Gasteiger partial charge is 0.123 e. The van der Waals surface area contributed by atoms with Gasteiger partial charge in [0.2, 0.25) is 0 Å². The van der Waals surface area contributed by atoms with Crippen molar-refractivity contribution < 1.29 is 4.79 Å². The second kappa shape index (κ2) is 3.35. The van der Waals surface area contributed by atoms with Crippen LogP contribution in [0.4, 0.5) is 0 Å². The zero-order chi connectivity index (χ0) is 7.40. The number of rotatable bonds is 2. The molecule has 1 heteroatoms. The second-order valence-corrected chi connectivity index (χ2v) is 2.64. The number of allylic oxidation sites excluding steroid dienone is 3. The van der Waals surface area contributed by atoms with E-state index in [2.05, 4.69) is 18.7 Å². The molecule has 0 aromatic heterocycles. The highest BCUT2D eigenvalue weighted by molar-refractivity contribution is 5.55. The fraction of sp³-hybridized carbons (Fsp3) is 0.444. The van der Waals surface area contributed by atoms with Crippen LogP contribution in [0, 0.1) is 11.8 Å². The van der Waals surface area contributed by atoms with Crippen molar-refractivity contribution in [1.82, 2.24) is 0 Å². The molecule has 1 rings (SSSR count). The van der Waals surface area contributed by atoms with Crippen LogP contribution in [0.5, 0.6) is 0 Å². The van der Waals surface area contributed by atoms with Crippen molar-refractivity contribution in [3.05, 3.63) is 24.8 Å². The third-order valence-electron chi connectivity index (χ3n) is 2.01. The molecule has 0 aromatic rings. The van der Waals surface area contributed by atoms with Crippen molar-refractivity contribution in [2.45, 2.75) is 12.8 Å². The molecule has 0 radical (unpaired) electrons. The third kappa shape index (κ3) is 1.35.